The number of benzene rings is 2. The van der Waals surface area contributed by atoms with Crippen molar-refractivity contribution in [2.75, 3.05) is 5.73 Å². The van der Waals surface area contributed by atoms with Gasteiger partial charge in [-0.05, 0) is 46.3 Å². The first kappa shape index (κ1) is 12.3. The maximum absolute atomic E-state index is 6.07. The number of hydrogen-bond acceptors (Lipinski definition) is 3. The van der Waals surface area contributed by atoms with Gasteiger partial charge in [-0.1, -0.05) is 12.1 Å². The van der Waals surface area contributed by atoms with Gasteiger partial charge in [-0.2, -0.15) is 0 Å². The predicted octanol–water partition coefficient (Wildman–Crippen LogP) is 3.92. The molecule has 2 N–H and O–H groups in total. The lowest BCUT2D eigenvalue weighted by Crippen LogP contribution is -1.97. The highest BCUT2D eigenvalue weighted by atomic mass is 79.9. The molecule has 0 saturated heterocycles. The summed E-state index contributed by atoms with van der Waals surface area (Å²) in [6.07, 6.45) is 3.60. The molecule has 0 saturated carbocycles. The number of halogens is 1. The Balaban J connectivity index is 2.09. The zero-order valence-electron chi connectivity index (χ0n) is 11.0. The molecule has 4 aromatic rings. The van der Waals surface area contributed by atoms with Gasteiger partial charge >= 0.3 is 0 Å². The summed E-state index contributed by atoms with van der Waals surface area (Å²) in [7, 11) is 0. The Bertz CT molecular complexity index is 975. The largest absolute Gasteiger partial charge is 0.398 e. The van der Waals surface area contributed by atoms with Crippen LogP contribution >= 0.6 is 15.9 Å². The van der Waals surface area contributed by atoms with Gasteiger partial charge in [0.15, 0.2) is 0 Å². The van der Waals surface area contributed by atoms with Crippen LogP contribution in [-0.4, -0.2) is 14.5 Å². The van der Waals surface area contributed by atoms with Crippen molar-refractivity contribution >= 4 is 43.6 Å². The molecule has 2 heterocycles. The number of imidazole rings is 1. The SMILES string of the molecule is Nc1ccc(-n2cnc3ccccc32)c2ncc(Br)cc12. The topological polar surface area (TPSA) is 56.7 Å². The molecule has 4 rings (SSSR count). The Morgan fingerprint density at radius 1 is 1.05 bits per heavy atom. The van der Waals surface area contributed by atoms with Crippen molar-refractivity contribution in [1.82, 2.24) is 14.5 Å². The molecule has 5 heteroatoms. The van der Waals surface area contributed by atoms with Crippen LogP contribution in [0.2, 0.25) is 0 Å². The summed E-state index contributed by atoms with van der Waals surface area (Å²) in [5, 5.41) is 0.930. The van der Waals surface area contributed by atoms with Crippen LogP contribution in [0.15, 0.2) is 59.5 Å². The van der Waals surface area contributed by atoms with Gasteiger partial charge < -0.3 is 5.73 Å². The van der Waals surface area contributed by atoms with Crippen LogP contribution in [0.4, 0.5) is 5.69 Å². The number of anilines is 1. The van der Waals surface area contributed by atoms with Crippen LogP contribution in [0, 0.1) is 0 Å². The fourth-order valence-corrected chi connectivity index (χ4v) is 2.88. The fourth-order valence-electron chi connectivity index (χ4n) is 2.55. The molecule has 2 aromatic carbocycles. The van der Waals surface area contributed by atoms with Gasteiger partial charge in [-0.3, -0.25) is 9.55 Å². The highest BCUT2D eigenvalue weighted by Gasteiger charge is 2.10. The van der Waals surface area contributed by atoms with Crippen molar-refractivity contribution in [3.8, 4) is 5.69 Å². The lowest BCUT2D eigenvalue weighted by molar-refractivity contribution is 1.10. The van der Waals surface area contributed by atoms with Crippen LogP contribution in [-0.2, 0) is 0 Å². The normalized spacial score (nSPS) is 11.3. The molecule has 0 radical (unpaired) electrons. The summed E-state index contributed by atoms with van der Waals surface area (Å²) >= 11 is 3.44. The smallest absolute Gasteiger partial charge is 0.100 e. The van der Waals surface area contributed by atoms with Crippen molar-refractivity contribution in [3.63, 3.8) is 0 Å². The number of aromatic nitrogens is 3. The minimum absolute atomic E-state index is 0.715. The Morgan fingerprint density at radius 2 is 1.90 bits per heavy atom. The van der Waals surface area contributed by atoms with Gasteiger partial charge in [0.1, 0.15) is 6.33 Å². The molecular formula is C16H11BrN4. The Hall–Kier alpha value is -2.40. The first-order valence-electron chi connectivity index (χ1n) is 6.50. The van der Waals surface area contributed by atoms with Gasteiger partial charge in [-0.25, -0.2) is 4.98 Å². The summed E-state index contributed by atoms with van der Waals surface area (Å²) in [6.45, 7) is 0. The number of hydrogen-bond donors (Lipinski definition) is 1. The van der Waals surface area contributed by atoms with Crippen LogP contribution in [0.5, 0.6) is 0 Å². The molecule has 0 bridgehead atoms. The zero-order valence-corrected chi connectivity index (χ0v) is 12.6. The van der Waals surface area contributed by atoms with Gasteiger partial charge in [0.05, 0.1) is 22.2 Å². The number of para-hydroxylation sites is 2. The van der Waals surface area contributed by atoms with E-state index in [0.29, 0.717) is 5.69 Å². The number of rotatable bonds is 1. The van der Waals surface area contributed by atoms with Gasteiger partial charge in [0, 0.05) is 21.7 Å². The molecular weight excluding hydrogens is 328 g/mol. The maximum atomic E-state index is 6.07. The molecule has 0 unspecified atom stereocenters. The molecule has 0 spiro atoms. The van der Waals surface area contributed by atoms with E-state index in [-0.39, 0.29) is 0 Å². The molecule has 0 aliphatic rings. The number of pyridine rings is 1. The number of fused-ring (bicyclic) bond motifs is 2. The quantitative estimate of drug-likeness (QED) is 0.535. The lowest BCUT2D eigenvalue weighted by Gasteiger charge is -2.10. The van der Waals surface area contributed by atoms with Crippen LogP contribution in [0.1, 0.15) is 0 Å². The third-order valence-electron chi connectivity index (χ3n) is 3.54. The molecule has 102 valence electrons. The summed E-state index contributed by atoms with van der Waals surface area (Å²) in [5.41, 5.74) is 10.6. The molecule has 2 aromatic heterocycles. The Morgan fingerprint density at radius 3 is 2.81 bits per heavy atom. The van der Waals surface area contributed by atoms with E-state index in [4.69, 9.17) is 5.73 Å². The summed E-state index contributed by atoms with van der Waals surface area (Å²) < 4.78 is 2.95. The summed E-state index contributed by atoms with van der Waals surface area (Å²) in [6, 6.07) is 13.9. The highest BCUT2D eigenvalue weighted by Crippen LogP contribution is 2.29. The monoisotopic (exact) mass is 338 g/mol. The molecule has 0 atom stereocenters. The molecule has 0 aliphatic carbocycles. The third-order valence-corrected chi connectivity index (χ3v) is 3.98. The van der Waals surface area contributed by atoms with Crippen molar-refractivity contribution < 1.29 is 0 Å². The summed E-state index contributed by atoms with van der Waals surface area (Å²) in [4.78, 5) is 8.97. The maximum Gasteiger partial charge on any atom is 0.100 e. The van der Waals surface area contributed by atoms with E-state index in [1.165, 1.54) is 0 Å². The standard InChI is InChI=1S/C16H11BrN4/c17-10-7-11-12(18)5-6-15(16(11)19-8-10)21-9-20-13-3-1-2-4-14(13)21/h1-9H,18H2. The minimum Gasteiger partial charge on any atom is -0.398 e. The number of nitrogen functional groups attached to an aromatic ring is 1. The van der Waals surface area contributed by atoms with E-state index in [0.717, 1.165) is 32.1 Å². The average molecular weight is 339 g/mol. The molecule has 4 nitrogen and oxygen atoms in total. The summed E-state index contributed by atoms with van der Waals surface area (Å²) in [5.74, 6) is 0. The van der Waals surface area contributed by atoms with Gasteiger partial charge in [0.25, 0.3) is 0 Å². The molecule has 0 amide bonds. The fraction of sp³-hybridized carbons (Fsp3) is 0. The first-order valence-corrected chi connectivity index (χ1v) is 7.29. The second kappa shape index (κ2) is 4.56. The highest BCUT2D eigenvalue weighted by molar-refractivity contribution is 9.10. The van der Waals surface area contributed by atoms with Crippen molar-refractivity contribution in [2.24, 2.45) is 0 Å². The van der Waals surface area contributed by atoms with Crippen LogP contribution in [0.3, 0.4) is 0 Å². The van der Waals surface area contributed by atoms with Crippen molar-refractivity contribution in [3.05, 3.63) is 59.5 Å². The Kier molecular flexibility index (Phi) is 2.68. The van der Waals surface area contributed by atoms with Crippen LogP contribution in [0.25, 0.3) is 27.6 Å². The zero-order chi connectivity index (χ0) is 14.4. The van der Waals surface area contributed by atoms with Crippen LogP contribution < -0.4 is 5.73 Å². The Labute approximate surface area is 129 Å². The second-order valence-corrected chi connectivity index (χ2v) is 5.74. The molecule has 0 aliphatic heterocycles. The van der Waals surface area contributed by atoms with Gasteiger partial charge in [-0.15, -0.1) is 0 Å². The van der Waals surface area contributed by atoms with Gasteiger partial charge in [0.2, 0.25) is 0 Å². The first-order chi connectivity index (χ1) is 10.2. The van der Waals surface area contributed by atoms with Crippen molar-refractivity contribution in [2.45, 2.75) is 0 Å². The van der Waals surface area contributed by atoms with E-state index in [1.807, 2.05) is 53.4 Å². The minimum atomic E-state index is 0.715. The van der Waals surface area contributed by atoms with E-state index in [9.17, 15) is 0 Å². The van der Waals surface area contributed by atoms with E-state index in [1.54, 1.807) is 6.20 Å². The van der Waals surface area contributed by atoms with E-state index in [2.05, 4.69) is 25.9 Å². The molecule has 0 fully saturated rings. The van der Waals surface area contributed by atoms with Crippen molar-refractivity contribution in [1.29, 1.82) is 0 Å². The average Bonchev–Trinajstić information content (AvgIpc) is 2.92. The number of nitrogens with zero attached hydrogens (tertiary/aromatic N) is 3. The predicted molar refractivity (Wildman–Crippen MR) is 88.5 cm³/mol. The molecule has 21 heavy (non-hydrogen) atoms. The lowest BCUT2D eigenvalue weighted by atomic mass is 10.1. The third kappa shape index (κ3) is 1.89. The van der Waals surface area contributed by atoms with E-state index >= 15 is 0 Å². The second-order valence-electron chi connectivity index (χ2n) is 4.83. The van der Waals surface area contributed by atoms with E-state index < -0.39 is 0 Å². The number of nitrogens with two attached hydrogens (primary N) is 1.